The predicted octanol–water partition coefficient (Wildman–Crippen LogP) is 6.06. The summed E-state index contributed by atoms with van der Waals surface area (Å²) in [7, 11) is 0. The predicted molar refractivity (Wildman–Crippen MR) is 108 cm³/mol. The third-order valence-electron chi connectivity index (χ3n) is 3.70. The second-order valence-corrected chi connectivity index (χ2v) is 6.40. The van der Waals surface area contributed by atoms with E-state index in [0.29, 0.717) is 29.8 Å². The first-order valence-corrected chi connectivity index (χ1v) is 9.05. The van der Waals surface area contributed by atoms with Crippen molar-refractivity contribution in [2.45, 2.75) is 6.54 Å². The van der Waals surface area contributed by atoms with E-state index in [-0.39, 0.29) is 0 Å². The molecule has 1 N–H and O–H groups in total. The summed E-state index contributed by atoms with van der Waals surface area (Å²) in [6, 6.07) is 23.1. The highest BCUT2D eigenvalue weighted by Gasteiger charge is 2.04. The quantitative estimate of drug-likeness (QED) is 0.476. The Hall–Kier alpha value is -2.36. The molecule has 3 aromatic rings. The maximum Gasteiger partial charge on any atom is 0.122 e. The molecule has 0 aliphatic carbocycles. The number of hydrogen-bond donors (Lipinski definition) is 1. The molecule has 0 heterocycles. The van der Waals surface area contributed by atoms with E-state index in [9.17, 15) is 0 Å². The average Bonchev–Trinajstić information content (AvgIpc) is 2.68. The highest BCUT2D eigenvalue weighted by atomic mass is 35.5. The van der Waals surface area contributed by atoms with E-state index < -0.39 is 0 Å². The van der Waals surface area contributed by atoms with Gasteiger partial charge in [0, 0.05) is 6.54 Å². The third-order valence-corrected chi connectivity index (χ3v) is 4.52. The van der Waals surface area contributed by atoms with Gasteiger partial charge in [0.25, 0.3) is 0 Å². The number of benzene rings is 3. The molecule has 0 aliphatic rings. The van der Waals surface area contributed by atoms with Crippen molar-refractivity contribution >= 4 is 28.9 Å². The molecule has 5 heteroatoms. The van der Waals surface area contributed by atoms with Gasteiger partial charge in [-0.05, 0) is 42.0 Å². The minimum Gasteiger partial charge on any atom is -0.490 e. The first kappa shape index (κ1) is 18.4. The molecule has 0 atom stereocenters. The van der Waals surface area contributed by atoms with Gasteiger partial charge >= 0.3 is 0 Å². The molecule has 3 rings (SSSR count). The van der Waals surface area contributed by atoms with Crippen molar-refractivity contribution in [2.24, 2.45) is 0 Å². The van der Waals surface area contributed by atoms with Gasteiger partial charge in [0.05, 0.1) is 15.7 Å². The number of ether oxygens (including phenoxy) is 2. The van der Waals surface area contributed by atoms with Crippen LogP contribution < -0.4 is 14.8 Å². The van der Waals surface area contributed by atoms with Crippen molar-refractivity contribution in [3.05, 3.63) is 88.4 Å². The van der Waals surface area contributed by atoms with Crippen LogP contribution in [0.25, 0.3) is 0 Å². The molecule has 0 fully saturated rings. The zero-order valence-electron chi connectivity index (χ0n) is 14.1. The molecule has 3 nitrogen and oxygen atoms in total. The normalized spacial score (nSPS) is 10.4. The van der Waals surface area contributed by atoms with Crippen LogP contribution in [0.3, 0.4) is 0 Å². The second kappa shape index (κ2) is 9.37. The SMILES string of the molecule is Clc1cccc(NCc2cccc(OCCOc3ccccc3)c2)c1Cl. The Kier molecular flexibility index (Phi) is 6.64. The summed E-state index contributed by atoms with van der Waals surface area (Å²) in [6.07, 6.45) is 0. The van der Waals surface area contributed by atoms with E-state index in [0.717, 1.165) is 22.7 Å². The molecular weight excluding hydrogens is 369 g/mol. The molecule has 26 heavy (non-hydrogen) atoms. The Bertz CT molecular complexity index is 840. The number of rotatable bonds is 8. The maximum atomic E-state index is 6.19. The van der Waals surface area contributed by atoms with Crippen LogP contribution in [-0.2, 0) is 6.54 Å². The van der Waals surface area contributed by atoms with Gasteiger partial charge in [-0.15, -0.1) is 0 Å². The van der Waals surface area contributed by atoms with E-state index in [2.05, 4.69) is 5.32 Å². The van der Waals surface area contributed by atoms with Crippen LogP contribution in [0.2, 0.25) is 10.0 Å². The van der Waals surface area contributed by atoms with Crippen LogP contribution >= 0.6 is 23.2 Å². The van der Waals surface area contributed by atoms with Crippen LogP contribution in [0, 0.1) is 0 Å². The van der Waals surface area contributed by atoms with Crippen LogP contribution in [0.4, 0.5) is 5.69 Å². The lowest BCUT2D eigenvalue weighted by Gasteiger charge is -2.11. The molecule has 0 radical (unpaired) electrons. The zero-order chi connectivity index (χ0) is 18.2. The molecule has 0 unspecified atom stereocenters. The summed E-state index contributed by atoms with van der Waals surface area (Å²) in [5.74, 6) is 1.64. The smallest absolute Gasteiger partial charge is 0.122 e. The third kappa shape index (κ3) is 5.32. The number of nitrogens with one attached hydrogen (secondary N) is 1. The van der Waals surface area contributed by atoms with Gasteiger partial charge in [0.15, 0.2) is 0 Å². The van der Waals surface area contributed by atoms with Gasteiger partial charge in [0.1, 0.15) is 24.7 Å². The standard InChI is InChI=1S/C21H19Cl2NO2/c22-19-10-5-11-20(21(19)23)24-15-16-6-4-9-18(14-16)26-13-12-25-17-7-2-1-3-8-17/h1-11,14,24H,12-13,15H2. The van der Waals surface area contributed by atoms with Crippen molar-refractivity contribution in [3.8, 4) is 11.5 Å². The molecule has 0 amide bonds. The van der Waals surface area contributed by atoms with Gasteiger partial charge in [-0.3, -0.25) is 0 Å². The highest BCUT2D eigenvalue weighted by molar-refractivity contribution is 6.43. The lowest BCUT2D eigenvalue weighted by molar-refractivity contribution is 0.217. The summed E-state index contributed by atoms with van der Waals surface area (Å²) in [5.41, 5.74) is 1.89. The first-order chi connectivity index (χ1) is 12.7. The molecule has 0 aliphatic heterocycles. The first-order valence-electron chi connectivity index (χ1n) is 8.30. The Morgan fingerprint density at radius 3 is 2.23 bits per heavy atom. The van der Waals surface area contributed by atoms with E-state index >= 15 is 0 Å². The van der Waals surface area contributed by atoms with Gasteiger partial charge in [0.2, 0.25) is 0 Å². The minimum absolute atomic E-state index is 0.478. The molecule has 0 saturated heterocycles. The highest BCUT2D eigenvalue weighted by Crippen LogP contribution is 2.30. The Morgan fingerprint density at radius 1 is 0.731 bits per heavy atom. The van der Waals surface area contributed by atoms with Crippen molar-refractivity contribution in [3.63, 3.8) is 0 Å². The number of hydrogen-bond acceptors (Lipinski definition) is 3. The van der Waals surface area contributed by atoms with E-state index in [1.807, 2.05) is 66.7 Å². The van der Waals surface area contributed by atoms with Crippen molar-refractivity contribution in [1.29, 1.82) is 0 Å². The fraction of sp³-hybridized carbons (Fsp3) is 0.143. The summed E-state index contributed by atoms with van der Waals surface area (Å²) in [4.78, 5) is 0. The lowest BCUT2D eigenvalue weighted by Crippen LogP contribution is -2.09. The van der Waals surface area contributed by atoms with Crippen LogP contribution in [0.15, 0.2) is 72.8 Å². The summed E-state index contributed by atoms with van der Waals surface area (Å²) in [6.45, 7) is 1.59. The van der Waals surface area contributed by atoms with Gasteiger partial charge in [-0.1, -0.05) is 59.6 Å². The minimum atomic E-state index is 0.478. The fourth-order valence-corrected chi connectivity index (χ4v) is 2.79. The Balaban J connectivity index is 1.49. The van der Waals surface area contributed by atoms with E-state index in [1.165, 1.54) is 0 Å². The molecule has 0 spiro atoms. The molecule has 0 aromatic heterocycles. The topological polar surface area (TPSA) is 30.5 Å². The monoisotopic (exact) mass is 387 g/mol. The summed E-state index contributed by atoms with van der Waals surface area (Å²) < 4.78 is 11.4. The van der Waals surface area contributed by atoms with E-state index in [1.54, 1.807) is 6.07 Å². The van der Waals surface area contributed by atoms with Gasteiger partial charge < -0.3 is 14.8 Å². The maximum absolute atomic E-state index is 6.19. The molecule has 0 saturated carbocycles. The zero-order valence-corrected chi connectivity index (χ0v) is 15.6. The van der Waals surface area contributed by atoms with Crippen molar-refractivity contribution in [1.82, 2.24) is 0 Å². The molecule has 0 bridgehead atoms. The number of anilines is 1. The Labute approximate surface area is 163 Å². The Morgan fingerprint density at radius 2 is 1.42 bits per heavy atom. The van der Waals surface area contributed by atoms with Crippen LogP contribution in [0.1, 0.15) is 5.56 Å². The second-order valence-electron chi connectivity index (χ2n) is 5.61. The average molecular weight is 388 g/mol. The molecular formula is C21H19Cl2NO2. The largest absolute Gasteiger partial charge is 0.490 e. The summed E-state index contributed by atoms with van der Waals surface area (Å²) >= 11 is 12.2. The number of halogens is 2. The lowest BCUT2D eigenvalue weighted by atomic mass is 10.2. The van der Waals surface area contributed by atoms with Crippen molar-refractivity contribution < 1.29 is 9.47 Å². The van der Waals surface area contributed by atoms with Crippen LogP contribution in [-0.4, -0.2) is 13.2 Å². The fourth-order valence-electron chi connectivity index (χ4n) is 2.42. The van der Waals surface area contributed by atoms with Crippen LogP contribution in [0.5, 0.6) is 11.5 Å². The van der Waals surface area contributed by atoms with E-state index in [4.69, 9.17) is 32.7 Å². The molecule has 3 aromatic carbocycles. The summed E-state index contributed by atoms with van der Waals surface area (Å²) in [5, 5.41) is 4.35. The van der Waals surface area contributed by atoms with Gasteiger partial charge in [-0.25, -0.2) is 0 Å². The molecule has 134 valence electrons. The van der Waals surface area contributed by atoms with Gasteiger partial charge in [-0.2, -0.15) is 0 Å². The number of para-hydroxylation sites is 1. The van der Waals surface area contributed by atoms with Crippen molar-refractivity contribution in [2.75, 3.05) is 18.5 Å².